The van der Waals surface area contributed by atoms with Crippen LogP contribution in [0, 0.1) is 5.92 Å². The molecule has 1 atom stereocenters. The summed E-state index contributed by atoms with van der Waals surface area (Å²) in [6, 6.07) is 9.30. The van der Waals surface area contributed by atoms with Gasteiger partial charge in [-0.2, -0.15) is 0 Å². The number of nitrogens with one attached hydrogen (secondary N) is 1. The van der Waals surface area contributed by atoms with Crippen LogP contribution in [0.25, 0.3) is 0 Å². The van der Waals surface area contributed by atoms with Gasteiger partial charge in [-0.3, -0.25) is 9.59 Å². The highest BCUT2D eigenvalue weighted by molar-refractivity contribution is 5.73. The van der Waals surface area contributed by atoms with E-state index >= 15 is 0 Å². The minimum absolute atomic E-state index is 0.258. The Balaban J connectivity index is 2.82. The lowest BCUT2D eigenvalue weighted by Crippen LogP contribution is -2.51. The molecule has 0 bridgehead atoms. The van der Waals surface area contributed by atoms with E-state index in [9.17, 15) is 14.7 Å². The van der Waals surface area contributed by atoms with Gasteiger partial charge in [-0.15, -0.1) is 0 Å². The van der Waals surface area contributed by atoms with Crippen LogP contribution in [0.15, 0.2) is 30.3 Å². The van der Waals surface area contributed by atoms with Gasteiger partial charge < -0.3 is 15.5 Å². The molecular weight excluding hydrogens is 246 g/mol. The Morgan fingerprint density at radius 1 is 1.21 bits per heavy atom. The lowest BCUT2D eigenvalue weighted by atomic mass is 9.82. The molecule has 5 heteroatoms. The molecule has 0 aliphatic rings. The van der Waals surface area contributed by atoms with E-state index in [1.54, 1.807) is 13.8 Å². The summed E-state index contributed by atoms with van der Waals surface area (Å²) in [5.41, 5.74) is 0.111. The summed E-state index contributed by atoms with van der Waals surface area (Å²) in [5, 5.41) is 20.8. The van der Waals surface area contributed by atoms with Crippen LogP contribution in [0.3, 0.4) is 0 Å². The molecule has 0 aromatic heterocycles. The second kappa shape index (κ2) is 6.33. The maximum atomic E-state index is 11.4. The van der Waals surface area contributed by atoms with E-state index in [1.165, 1.54) is 0 Å². The van der Waals surface area contributed by atoms with Gasteiger partial charge in [0, 0.05) is 5.54 Å². The van der Waals surface area contributed by atoms with Crippen molar-refractivity contribution in [2.45, 2.75) is 25.8 Å². The molecule has 104 valence electrons. The van der Waals surface area contributed by atoms with E-state index in [1.807, 2.05) is 30.3 Å². The van der Waals surface area contributed by atoms with E-state index < -0.39 is 23.4 Å². The molecule has 0 saturated carbocycles. The van der Waals surface area contributed by atoms with Gasteiger partial charge in [-0.1, -0.05) is 30.3 Å². The molecule has 1 aromatic rings. The molecule has 0 aliphatic carbocycles. The first-order valence-electron chi connectivity index (χ1n) is 6.06. The van der Waals surface area contributed by atoms with Crippen LogP contribution >= 0.6 is 0 Å². The molecule has 0 spiro atoms. The van der Waals surface area contributed by atoms with Crippen LogP contribution in [-0.4, -0.2) is 34.2 Å². The summed E-state index contributed by atoms with van der Waals surface area (Å²) < 4.78 is 0. The van der Waals surface area contributed by atoms with Crippen LogP contribution in [0.2, 0.25) is 0 Å². The maximum Gasteiger partial charge on any atom is 0.317 e. The fourth-order valence-corrected chi connectivity index (χ4v) is 1.93. The Kier molecular flexibility index (Phi) is 5.06. The molecule has 3 N–H and O–H groups in total. The van der Waals surface area contributed by atoms with Crippen molar-refractivity contribution in [3.63, 3.8) is 0 Å². The number of carbonyl (C=O) groups is 2. The van der Waals surface area contributed by atoms with Crippen molar-refractivity contribution in [3.05, 3.63) is 35.9 Å². The van der Waals surface area contributed by atoms with Gasteiger partial charge in [0.1, 0.15) is 0 Å². The van der Waals surface area contributed by atoms with Gasteiger partial charge in [0.25, 0.3) is 0 Å². The zero-order chi connectivity index (χ0) is 14.5. The first-order chi connectivity index (χ1) is 8.83. The number of benzene rings is 1. The van der Waals surface area contributed by atoms with Crippen molar-refractivity contribution in [1.82, 2.24) is 5.32 Å². The van der Waals surface area contributed by atoms with Gasteiger partial charge in [0.15, 0.2) is 0 Å². The van der Waals surface area contributed by atoms with Crippen LogP contribution in [0.1, 0.15) is 19.4 Å². The summed E-state index contributed by atoms with van der Waals surface area (Å²) in [4.78, 5) is 22.0. The standard InChI is InChI=1S/C14H19NO4/c1-14(2,15-9-12(16)17)11(13(18)19)8-10-6-4-3-5-7-10/h3-7,11,15H,8-9H2,1-2H3,(H,16,17)(H,18,19). The molecule has 0 heterocycles. The van der Waals surface area contributed by atoms with Crippen molar-refractivity contribution in [1.29, 1.82) is 0 Å². The molecule has 5 nitrogen and oxygen atoms in total. The Bertz CT molecular complexity index is 442. The highest BCUT2D eigenvalue weighted by Gasteiger charge is 2.35. The zero-order valence-electron chi connectivity index (χ0n) is 11.1. The quantitative estimate of drug-likeness (QED) is 0.693. The van der Waals surface area contributed by atoms with Gasteiger partial charge in [-0.05, 0) is 25.8 Å². The molecule has 0 fully saturated rings. The second-order valence-electron chi connectivity index (χ2n) is 5.05. The Morgan fingerprint density at radius 2 is 1.79 bits per heavy atom. The predicted molar refractivity (Wildman–Crippen MR) is 71.0 cm³/mol. The minimum Gasteiger partial charge on any atom is -0.481 e. The summed E-state index contributed by atoms with van der Waals surface area (Å²) >= 11 is 0. The molecule has 1 rings (SSSR count). The first kappa shape index (κ1) is 15.2. The molecular formula is C14H19NO4. The average molecular weight is 265 g/mol. The third-order valence-electron chi connectivity index (χ3n) is 3.15. The number of hydrogen-bond acceptors (Lipinski definition) is 3. The number of hydrogen-bond donors (Lipinski definition) is 3. The summed E-state index contributed by atoms with van der Waals surface area (Å²) in [6.45, 7) is 3.15. The van der Waals surface area contributed by atoms with E-state index in [4.69, 9.17) is 5.11 Å². The topological polar surface area (TPSA) is 86.6 Å². The Labute approximate surface area is 112 Å². The van der Waals surface area contributed by atoms with Crippen molar-refractivity contribution < 1.29 is 19.8 Å². The Hall–Kier alpha value is -1.88. The normalized spacial score (nSPS) is 12.9. The van der Waals surface area contributed by atoms with E-state index in [2.05, 4.69) is 5.32 Å². The first-order valence-corrected chi connectivity index (χ1v) is 6.06. The number of aliphatic carboxylic acids is 2. The number of rotatable bonds is 7. The average Bonchev–Trinajstić information content (AvgIpc) is 2.34. The Morgan fingerprint density at radius 3 is 2.26 bits per heavy atom. The summed E-state index contributed by atoms with van der Waals surface area (Å²) in [6.07, 6.45) is 0.357. The smallest absolute Gasteiger partial charge is 0.317 e. The van der Waals surface area contributed by atoms with Crippen molar-refractivity contribution >= 4 is 11.9 Å². The molecule has 0 saturated heterocycles. The van der Waals surface area contributed by atoms with Crippen molar-refractivity contribution in [3.8, 4) is 0 Å². The molecule has 19 heavy (non-hydrogen) atoms. The van der Waals surface area contributed by atoms with E-state index in [0.29, 0.717) is 6.42 Å². The van der Waals surface area contributed by atoms with Crippen LogP contribution in [-0.2, 0) is 16.0 Å². The third-order valence-corrected chi connectivity index (χ3v) is 3.15. The highest BCUT2D eigenvalue weighted by Crippen LogP contribution is 2.22. The van der Waals surface area contributed by atoms with Gasteiger partial charge in [0.05, 0.1) is 12.5 Å². The second-order valence-corrected chi connectivity index (χ2v) is 5.05. The molecule has 0 radical (unpaired) electrons. The van der Waals surface area contributed by atoms with Crippen LogP contribution < -0.4 is 5.32 Å². The third kappa shape index (κ3) is 4.71. The van der Waals surface area contributed by atoms with Gasteiger partial charge in [-0.25, -0.2) is 0 Å². The SMILES string of the molecule is CC(C)(NCC(=O)O)C(Cc1ccccc1)C(=O)O. The lowest BCUT2D eigenvalue weighted by molar-refractivity contribution is -0.145. The van der Waals surface area contributed by atoms with E-state index in [0.717, 1.165) is 5.56 Å². The summed E-state index contributed by atoms with van der Waals surface area (Å²) in [5.74, 6) is -2.64. The lowest BCUT2D eigenvalue weighted by Gasteiger charge is -2.32. The largest absolute Gasteiger partial charge is 0.481 e. The predicted octanol–water partition coefficient (Wildman–Crippen LogP) is 1.38. The molecule has 1 unspecified atom stereocenters. The van der Waals surface area contributed by atoms with Gasteiger partial charge in [0.2, 0.25) is 0 Å². The van der Waals surface area contributed by atoms with Crippen molar-refractivity contribution in [2.24, 2.45) is 5.92 Å². The van der Waals surface area contributed by atoms with Gasteiger partial charge >= 0.3 is 11.9 Å². The fraction of sp³-hybridized carbons (Fsp3) is 0.429. The fourth-order valence-electron chi connectivity index (χ4n) is 1.93. The maximum absolute atomic E-state index is 11.4. The highest BCUT2D eigenvalue weighted by atomic mass is 16.4. The minimum atomic E-state index is -1.00. The molecule has 1 aromatic carbocycles. The monoisotopic (exact) mass is 265 g/mol. The van der Waals surface area contributed by atoms with Crippen LogP contribution in [0.5, 0.6) is 0 Å². The number of carboxylic acid groups (broad SMARTS) is 2. The van der Waals surface area contributed by atoms with Crippen molar-refractivity contribution in [2.75, 3.05) is 6.54 Å². The molecule has 0 aliphatic heterocycles. The zero-order valence-corrected chi connectivity index (χ0v) is 11.1. The molecule has 0 amide bonds. The number of carboxylic acids is 2. The summed E-state index contributed by atoms with van der Waals surface area (Å²) in [7, 11) is 0. The van der Waals surface area contributed by atoms with Crippen LogP contribution in [0.4, 0.5) is 0 Å². The van der Waals surface area contributed by atoms with E-state index in [-0.39, 0.29) is 6.54 Å².